The number of carbonyl (C=O) groups is 6. The molecule has 0 saturated carbocycles. The molecule has 4 aromatic rings. The summed E-state index contributed by atoms with van der Waals surface area (Å²) in [7, 11) is 4.97. The summed E-state index contributed by atoms with van der Waals surface area (Å²) >= 11 is 0. The third-order valence-electron chi connectivity index (χ3n) is 8.28. The number of aromatic amines is 1. The average molecular weight is 788 g/mol. The van der Waals surface area contributed by atoms with E-state index in [1.807, 2.05) is 78.9 Å². The number of methoxy groups -OCH3 is 4. The number of benzene rings is 3. The van der Waals surface area contributed by atoms with E-state index in [9.17, 15) is 33.6 Å². The predicted octanol–water partition coefficient (Wildman–Crippen LogP) is 3.85. The van der Waals surface area contributed by atoms with Crippen molar-refractivity contribution >= 4 is 47.0 Å². The van der Waals surface area contributed by atoms with E-state index in [4.69, 9.17) is 5.73 Å². The Morgan fingerprint density at radius 1 is 0.737 bits per heavy atom. The number of ether oxygens (including phenoxy) is 4. The van der Waals surface area contributed by atoms with Crippen molar-refractivity contribution in [1.82, 2.24) is 9.78 Å². The molecule has 3 N–H and O–H groups in total. The van der Waals surface area contributed by atoms with E-state index in [1.165, 1.54) is 43.5 Å². The molecule has 3 aromatic carbocycles. The molecule has 2 atom stereocenters. The van der Waals surface area contributed by atoms with E-state index < -0.39 is 41.5 Å². The number of nitrogens with one attached hydrogen (secondary N) is 1. The highest BCUT2D eigenvalue weighted by Crippen LogP contribution is 2.25. The summed E-state index contributed by atoms with van der Waals surface area (Å²) in [5.74, 6) is -4.30. The van der Waals surface area contributed by atoms with E-state index in [-0.39, 0.29) is 30.7 Å². The van der Waals surface area contributed by atoms with Crippen molar-refractivity contribution in [3.05, 3.63) is 118 Å². The lowest BCUT2D eigenvalue weighted by atomic mass is 10.0. The van der Waals surface area contributed by atoms with Crippen molar-refractivity contribution in [2.24, 2.45) is 22.7 Å². The molecule has 57 heavy (non-hydrogen) atoms. The number of aryl methyl sites for hydroxylation is 1. The summed E-state index contributed by atoms with van der Waals surface area (Å²) in [5, 5.41) is 8.49. The summed E-state index contributed by atoms with van der Waals surface area (Å²) in [6, 6.07) is 28.3. The molecule has 1 amide bonds. The molecule has 304 valence electrons. The van der Waals surface area contributed by atoms with Gasteiger partial charge in [0.2, 0.25) is 0 Å². The van der Waals surface area contributed by atoms with Crippen molar-refractivity contribution in [3.8, 4) is 5.69 Å². The largest absolute Gasteiger partial charge is 0.469 e. The van der Waals surface area contributed by atoms with Gasteiger partial charge in [-0.3, -0.25) is 38.7 Å². The van der Waals surface area contributed by atoms with Crippen LogP contribution in [-0.4, -0.2) is 79.5 Å². The standard InChI is InChI=1S/2C13H14N2O3.C8H12O5.C7H9N/c2*1-9-11(8-12(16)18-2)13(17)15(14-9)10-6-4-3-5-7-10;1-5(9)6(8(11)13-3)4-7(10)12-2;8-6-7-4-2-1-3-5-7/h3-7,14H,8H2,1-2H3;3-7,11H,8H2,1-2H3;6H,4H2,1-3H3;1-5H,6,8H2. The van der Waals surface area contributed by atoms with Crippen LogP contribution in [0.4, 0.5) is 5.69 Å². The number of hydrogen-bond donors (Lipinski definition) is 2. The first-order valence-electron chi connectivity index (χ1n) is 17.5. The van der Waals surface area contributed by atoms with Gasteiger partial charge in [0.05, 0.1) is 70.6 Å². The van der Waals surface area contributed by atoms with Crippen LogP contribution >= 0.6 is 0 Å². The van der Waals surface area contributed by atoms with Crippen LogP contribution in [0.15, 0.2) is 101 Å². The Morgan fingerprint density at radius 2 is 1.25 bits per heavy atom. The van der Waals surface area contributed by atoms with Gasteiger partial charge in [-0.1, -0.05) is 66.7 Å². The van der Waals surface area contributed by atoms with Gasteiger partial charge >= 0.3 is 23.9 Å². The van der Waals surface area contributed by atoms with Gasteiger partial charge in [-0.05, 0) is 50.6 Å². The molecule has 0 bridgehead atoms. The van der Waals surface area contributed by atoms with Crippen LogP contribution in [0, 0.1) is 18.8 Å². The Balaban J connectivity index is 0.000000273. The smallest absolute Gasteiger partial charge is 0.316 e. The molecule has 2 heterocycles. The molecule has 16 heteroatoms. The second-order valence-corrected chi connectivity index (χ2v) is 12.2. The minimum absolute atomic E-state index is 0.0164. The number of rotatable bonds is 11. The number of ketones is 1. The first-order chi connectivity index (χ1) is 27.2. The number of hydrogen-bond acceptors (Lipinski definition) is 13. The van der Waals surface area contributed by atoms with E-state index in [2.05, 4.69) is 29.1 Å². The molecule has 0 fully saturated rings. The van der Waals surface area contributed by atoms with Crippen molar-refractivity contribution in [2.75, 3.05) is 33.4 Å². The maximum Gasteiger partial charge on any atom is 0.316 e. The highest BCUT2D eigenvalue weighted by atomic mass is 16.5. The number of Topliss-reactive ketones (excluding diaryl/α,β-unsaturated/α-hetero) is 1. The zero-order valence-corrected chi connectivity index (χ0v) is 33.1. The van der Waals surface area contributed by atoms with E-state index in [0.29, 0.717) is 29.2 Å². The van der Waals surface area contributed by atoms with Crippen LogP contribution in [0.5, 0.6) is 0 Å². The van der Waals surface area contributed by atoms with Gasteiger partial charge in [0.1, 0.15) is 11.7 Å². The normalized spacial score (nSPS) is 13.1. The van der Waals surface area contributed by atoms with Gasteiger partial charge in [0.25, 0.3) is 11.5 Å². The molecule has 1 aliphatic rings. The molecule has 16 nitrogen and oxygen atoms in total. The van der Waals surface area contributed by atoms with Gasteiger partial charge in [0, 0.05) is 18.0 Å². The van der Waals surface area contributed by atoms with Gasteiger partial charge < -0.3 is 24.7 Å². The average Bonchev–Trinajstić information content (AvgIpc) is 3.68. The molecule has 1 aliphatic heterocycles. The molecule has 0 saturated heterocycles. The molecule has 0 radical (unpaired) electrons. The van der Waals surface area contributed by atoms with Gasteiger partial charge in [-0.2, -0.15) is 5.10 Å². The monoisotopic (exact) mass is 787 g/mol. The topological polar surface area (TPSA) is 219 Å². The number of carbonyl (C=O) groups excluding carboxylic acids is 6. The Morgan fingerprint density at radius 3 is 1.70 bits per heavy atom. The number of anilines is 1. The third-order valence-corrected chi connectivity index (χ3v) is 8.28. The minimum atomic E-state index is -1.04. The maximum atomic E-state index is 12.2. The fourth-order valence-electron chi connectivity index (χ4n) is 5.01. The van der Waals surface area contributed by atoms with Gasteiger partial charge in [-0.15, -0.1) is 0 Å². The summed E-state index contributed by atoms with van der Waals surface area (Å²) in [6.07, 6.45) is -0.246. The van der Waals surface area contributed by atoms with E-state index in [0.717, 1.165) is 12.8 Å². The number of amides is 1. The summed E-state index contributed by atoms with van der Waals surface area (Å²) in [5.41, 5.74) is 9.50. The molecule has 1 aromatic heterocycles. The van der Waals surface area contributed by atoms with Crippen LogP contribution in [0.3, 0.4) is 0 Å². The first-order valence-corrected chi connectivity index (χ1v) is 17.5. The highest BCUT2D eigenvalue weighted by molar-refractivity contribution is 6.16. The summed E-state index contributed by atoms with van der Waals surface area (Å²) < 4.78 is 19.3. The lowest BCUT2D eigenvalue weighted by molar-refractivity contribution is -0.155. The van der Waals surface area contributed by atoms with Crippen molar-refractivity contribution < 1.29 is 47.7 Å². The Kier molecular flexibility index (Phi) is 19.5. The second kappa shape index (κ2) is 24.0. The zero-order chi connectivity index (χ0) is 42.5. The fourth-order valence-corrected chi connectivity index (χ4v) is 5.01. The fraction of sp³-hybridized carbons (Fsp3) is 0.317. The van der Waals surface area contributed by atoms with E-state index >= 15 is 0 Å². The molecule has 0 spiro atoms. The number of H-pyrrole nitrogens is 1. The molecule has 5 rings (SSSR count). The number of aromatic nitrogens is 2. The number of para-hydroxylation sites is 2. The maximum absolute atomic E-state index is 12.2. The van der Waals surface area contributed by atoms with Crippen LogP contribution in [0.25, 0.3) is 5.69 Å². The van der Waals surface area contributed by atoms with Crippen molar-refractivity contribution in [2.45, 2.75) is 46.6 Å². The minimum Gasteiger partial charge on any atom is -0.469 e. The first kappa shape index (κ1) is 46.5. The van der Waals surface area contributed by atoms with Crippen LogP contribution in [0.2, 0.25) is 0 Å². The number of esters is 4. The lowest BCUT2D eigenvalue weighted by Crippen LogP contribution is -2.29. The molecular weight excluding hydrogens is 738 g/mol. The number of hydrazone groups is 1. The second-order valence-electron chi connectivity index (χ2n) is 12.2. The Labute approximate surface area is 330 Å². The number of nitrogens with two attached hydrogens (primary N) is 1. The van der Waals surface area contributed by atoms with Crippen LogP contribution in [-0.2, 0) is 60.7 Å². The van der Waals surface area contributed by atoms with Crippen molar-refractivity contribution in [1.29, 1.82) is 0 Å². The quantitative estimate of drug-likeness (QED) is 0.126. The third kappa shape index (κ3) is 14.5. The SMILES string of the molecule is COC(=O)CC(C(C)=O)C(=O)OC.COC(=O)CC1C(=O)N(c2ccccc2)N=C1C.COC(=O)Cc1c(C)[nH]n(-c2ccccc2)c1=O.NCc1ccccc1. The Hall–Kier alpha value is -6.68. The zero-order valence-electron chi connectivity index (χ0n) is 33.1. The predicted molar refractivity (Wildman–Crippen MR) is 211 cm³/mol. The van der Waals surface area contributed by atoms with Crippen LogP contribution in [0.1, 0.15) is 43.5 Å². The molecule has 2 unspecified atom stereocenters. The van der Waals surface area contributed by atoms with Gasteiger partial charge in [0.15, 0.2) is 0 Å². The number of nitrogens with zero attached hydrogens (tertiary/aromatic N) is 3. The summed E-state index contributed by atoms with van der Waals surface area (Å²) in [4.78, 5) is 79.4. The lowest BCUT2D eigenvalue weighted by Gasteiger charge is -2.13. The van der Waals surface area contributed by atoms with E-state index in [1.54, 1.807) is 26.0 Å². The van der Waals surface area contributed by atoms with Crippen LogP contribution < -0.4 is 16.3 Å². The summed E-state index contributed by atoms with van der Waals surface area (Å²) in [6.45, 7) is 5.37. The molecule has 0 aliphatic carbocycles. The Bertz CT molecular complexity index is 2030. The highest BCUT2D eigenvalue weighted by Gasteiger charge is 2.36. The molecular formula is C41H49N5O11. The van der Waals surface area contributed by atoms with Crippen molar-refractivity contribution in [3.63, 3.8) is 0 Å². The van der Waals surface area contributed by atoms with Gasteiger partial charge in [-0.25, -0.2) is 9.69 Å².